The second-order valence-corrected chi connectivity index (χ2v) is 5.83. The van der Waals surface area contributed by atoms with E-state index in [9.17, 15) is 5.11 Å². The van der Waals surface area contributed by atoms with Crippen LogP contribution in [0.2, 0.25) is 0 Å². The van der Waals surface area contributed by atoms with Gasteiger partial charge in [0.1, 0.15) is 0 Å². The first-order valence-corrected chi connectivity index (χ1v) is 5.01. The van der Waals surface area contributed by atoms with Gasteiger partial charge in [0.05, 0.1) is 5.60 Å². The van der Waals surface area contributed by atoms with E-state index in [2.05, 4.69) is 13.0 Å². The predicted octanol–water partition coefficient (Wildman–Crippen LogP) is 1.87. The summed E-state index contributed by atoms with van der Waals surface area (Å²) in [5.41, 5.74) is 2.37. The van der Waals surface area contributed by atoms with E-state index in [4.69, 9.17) is 0 Å². The van der Waals surface area contributed by atoms with Gasteiger partial charge < -0.3 is 5.11 Å². The maximum atomic E-state index is 10.2. The quantitative estimate of drug-likeness (QED) is 0.539. The molecule has 0 aliphatic heterocycles. The topological polar surface area (TPSA) is 20.2 Å². The van der Waals surface area contributed by atoms with Gasteiger partial charge in [-0.15, -0.1) is 0 Å². The number of aliphatic hydroxyl groups is 1. The number of hydrogen-bond donors (Lipinski definition) is 1. The highest BCUT2D eigenvalue weighted by Crippen LogP contribution is 2.84. The molecule has 4 atom stereocenters. The summed E-state index contributed by atoms with van der Waals surface area (Å²) in [6.07, 6.45) is 6.99. The zero-order valence-corrected chi connectivity index (χ0v) is 7.43. The third-order valence-electron chi connectivity index (χ3n) is 5.03. The van der Waals surface area contributed by atoms with Gasteiger partial charge in [-0.2, -0.15) is 0 Å². The van der Waals surface area contributed by atoms with Crippen LogP contribution in [0.1, 0.15) is 32.6 Å². The lowest BCUT2D eigenvalue weighted by Gasteiger charge is -2.40. The van der Waals surface area contributed by atoms with Crippen LogP contribution in [0.4, 0.5) is 0 Å². The Hall–Kier alpha value is -0.300. The van der Waals surface area contributed by atoms with Crippen LogP contribution in [0.3, 0.4) is 0 Å². The summed E-state index contributed by atoms with van der Waals surface area (Å²) in [7, 11) is 0. The van der Waals surface area contributed by atoms with Crippen molar-refractivity contribution < 1.29 is 5.11 Å². The van der Waals surface area contributed by atoms with Crippen LogP contribution < -0.4 is 0 Å². The Morgan fingerprint density at radius 3 is 3.17 bits per heavy atom. The van der Waals surface area contributed by atoms with Crippen molar-refractivity contribution in [2.75, 3.05) is 0 Å². The molecular formula is C11H14O. The van der Waals surface area contributed by atoms with Crippen molar-refractivity contribution in [2.45, 2.75) is 38.2 Å². The average Bonchev–Trinajstić information content (AvgIpc) is 2.46. The van der Waals surface area contributed by atoms with Crippen LogP contribution in [-0.2, 0) is 0 Å². The fourth-order valence-corrected chi connectivity index (χ4v) is 4.54. The van der Waals surface area contributed by atoms with Crippen molar-refractivity contribution >= 4 is 0 Å². The van der Waals surface area contributed by atoms with Crippen LogP contribution in [0.15, 0.2) is 11.6 Å². The highest BCUT2D eigenvalue weighted by atomic mass is 16.3. The Morgan fingerprint density at radius 1 is 1.50 bits per heavy atom. The van der Waals surface area contributed by atoms with Crippen molar-refractivity contribution in [3.05, 3.63) is 11.6 Å². The lowest BCUT2D eigenvalue weighted by Crippen LogP contribution is -2.37. The third kappa shape index (κ3) is 0.384. The van der Waals surface area contributed by atoms with Gasteiger partial charge in [0.15, 0.2) is 0 Å². The first-order valence-electron chi connectivity index (χ1n) is 5.01. The molecule has 0 amide bonds. The summed E-state index contributed by atoms with van der Waals surface area (Å²) >= 11 is 0. The van der Waals surface area contributed by atoms with Gasteiger partial charge in [0, 0.05) is 5.41 Å². The van der Waals surface area contributed by atoms with Crippen molar-refractivity contribution in [3.8, 4) is 0 Å². The highest BCUT2D eigenvalue weighted by Gasteiger charge is 2.78. The zero-order chi connectivity index (χ0) is 8.19. The normalized spacial score (nSPS) is 69.8. The Bertz CT molecular complexity index is 330. The Morgan fingerprint density at radius 2 is 2.33 bits per heavy atom. The van der Waals surface area contributed by atoms with E-state index < -0.39 is 0 Å². The number of rotatable bonds is 0. The van der Waals surface area contributed by atoms with Crippen LogP contribution in [0.5, 0.6) is 0 Å². The summed E-state index contributed by atoms with van der Waals surface area (Å²) in [6, 6.07) is 0. The molecule has 3 saturated carbocycles. The molecule has 4 aliphatic carbocycles. The molecule has 1 heteroatoms. The average molecular weight is 162 g/mol. The SMILES string of the molecule is CC12CC3(O)CC4=CC1(C2)C4C3. The minimum atomic E-state index is -0.290. The van der Waals surface area contributed by atoms with E-state index in [1.807, 2.05) is 0 Å². The summed E-state index contributed by atoms with van der Waals surface area (Å²) in [4.78, 5) is 0. The molecule has 1 nitrogen and oxygen atoms in total. The molecule has 1 spiro atoms. The standard InChI is InChI=1S/C11H14O/c1-9-5-10(12)2-7-3-11(9,6-9)8(7)4-10/h3,8,12H,2,4-6H2,1H3. The lowest BCUT2D eigenvalue weighted by atomic mass is 9.65. The number of hydrogen-bond acceptors (Lipinski definition) is 1. The summed E-state index contributed by atoms with van der Waals surface area (Å²) < 4.78 is 0. The Balaban J connectivity index is 1.96. The van der Waals surface area contributed by atoms with Crippen molar-refractivity contribution in [3.63, 3.8) is 0 Å². The molecule has 0 heterocycles. The molecule has 0 aromatic heterocycles. The molecule has 1 N–H and O–H groups in total. The van der Waals surface area contributed by atoms with Gasteiger partial charge in [-0.3, -0.25) is 0 Å². The molecule has 0 aromatic carbocycles. The summed E-state index contributed by atoms with van der Waals surface area (Å²) in [5, 5.41) is 10.2. The summed E-state index contributed by atoms with van der Waals surface area (Å²) in [5.74, 6) is 0.793. The minimum absolute atomic E-state index is 0.290. The van der Waals surface area contributed by atoms with E-state index in [1.165, 1.54) is 6.42 Å². The highest BCUT2D eigenvalue weighted by molar-refractivity contribution is 5.48. The fraction of sp³-hybridized carbons (Fsp3) is 0.818. The van der Waals surface area contributed by atoms with E-state index in [1.54, 1.807) is 5.57 Å². The number of allylic oxidation sites excluding steroid dienone is 1. The molecule has 0 saturated heterocycles. The molecular weight excluding hydrogens is 148 g/mol. The molecule has 12 heavy (non-hydrogen) atoms. The maximum absolute atomic E-state index is 10.2. The van der Waals surface area contributed by atoms with Crippen LogP contribution in [0, 0.1) is 16.7 Å². The second kappa shape index (κ2) is 1.22. The van der Waals surface area contributed by atoms with Crippen LogP contribution in [0.25, 0.3) is 0 Å². The van der Waals surface area contributed by atoms with Crippen molar-refractivity contribution in [1.29, 1.82) is 0 Å². The first-order chi connectivity index (χ1) is 5.57. The van der Waals surface area contributed by atoms with Gasteiger partial charge in [-0.1, -0.05) is 18.6 Å². The maximum Gasteiger partial charge on any atom is 0.0696 e. The first kappa shape index (κ1) is 6.20. The molecule has 4 aliphatic rings. The van der Waals surface area contributed by atoms with Gasteiger partial charge in [0.2, 0.25) is 0 Å². The third-order valence-corrected chi connectivity index (χ3v) is 5.03. The second-order valence-electron chi connectivity index (χ2n) is 5.83. The van der Waals surface area contributed by atoms with E-state index in [0.717, 1.165) is 25.2 Å². The van der Waals surface area contributed by atoms with Gasteiger partial charge in [0.25, 0.3) is 0 Å². The molecule has 4 rings (SSSR count). The van der Waals surface area contributed by atoms with Gasteiger partial charge in [-0.05, 0) is 37.0 Å². The van der Waals surface area contributed by atoms with E-state index in [0.29, 0.717) is 10.8 Å². The lowest BCUT2D eigenvalue weighted by molar-refractivity contribution is -0.0113. The summed E-state index contributed by atoms with van der Waals surface area (Å²) in [6.45, 7) is 2.36. The monoisotopic (exact) mass is 162 g/mol. The van der Waals surface area contributed by atoms with E-state index >= 15 is 0 Å². The molecule has 0 aromatic rings. The Labute approximate surface area is 72.5 Å². The fourth-order valence-electron chi connectivity index (χ4n) is 4.54. The van der Waals surface area contributed by atoms with Crippen molar-refractivity contribution in [1.82, 2.24) is 0 Å². The zero-order valence-electron chi connectivity index (χ0n) is 7.43. The van der Waals surface area contributed by atoms with E-state index in [-0.39, 0.29) is 5.60 Å². The molecule has 64 valence electrons. The van der Waals surface area contributed by atoms with Crippen LogP contribution in [-0.4, -0.2) is 10.7 Å². The number of fused-ring (bicyclic) bond motifs is 1. The largest absolute Gasteiger partial charge is 0.390 e. The molecule has 3 fully saturated rings. The van der Waals surface area contributed by atoms with Crippen molar-refractivity contribution in [2.24, 2.45) is 16.7 Å². The smallest absolute Gasteiger partial charge is 0.0696 e. The predicted molar refractivity (Wildman–Crippen MR) is 45.5 cm³/mol. The van der Waals surface area contributed by atoms with Gasteiger partial charge in [-0.25, -0.2) is 0 Å². The Kier molecular flexibility index (Phi) is 0.631. The van der Waals surface area contributed by atoms with Gasteiger partial charge >= 0.3 is 0 Å². The minimum Gasteiger partial charge on any atom is -0.390 e. The molecule has 0 radical (unpaired) electrons. The van der Waals surface area contributed by atoms with Crippen LogP contribution >= 0.6 is 0 Å². The molecule has 4 unspecified atom stereocenters. The molecule has 2 bridgehead atoms.